The second kappa shape index (κ2) is 8.04. The number of carbonyl (C=O) groups is 3. The second-order valence-corrected chi connectivity index (χ2v) is 4.89. The first-order valence-electron chi connectivity index (χ1n) is 6.73. The maximum atomic E-state index is 11.7. The third kappa shape index (κ3) is 6.07. The fourth-order valence-corrected chi connectivity index (χ4v) is 1.40. The van der Waals surface area contributed by atoms with Crippen molar-refractivity contribution in [2.45, 2.75) is 33.4 Å². The van der Waals surface area contributed by atoms with Gasteiger partial charge in [0, 0.05) is 6.54 Å². The highest BCUT2D eigenvalue weighted by molar-refractivity contribution is 5.97. The van der Waals surface area contributed by atoms with Crippen molar-refractivity contribution in [2.75, 3.05) is 0 Å². The van der Waals surface area contributed by atoms with Crippen molar-refractivity contribution in [3.63, 3.8) is 0 Å². The van der Waals surface area contributed by atoms with Crippen molar-refractivity contribution in [3.8, 4) is 0 Å². The number of ether oxygens (including phenoxy) is 1. The minimum absolute atomic E-state index is 0.306. The zero-order chi connectivity index (χ0) is 15.8. The minimum atomic E-state index is -1.01. The second-order valence-electron chi connectivity index (χ2n) is 4.89. The van der Waals surface area contributed by atoms with Crippen LogP contribution < -0.4 is 10.6 Å². The lowest BCUT2D eigenvalue weighted by Gasteiger charge is -2.14. The summed E-state index contributed by atoms with van der Waals surface area (Å²) in [6.07, 6.45) is -1.01. The van der Waals surface area contributed by atoms with Crippen molar-refractivity contribution >= 4 is 17.9 Å². The summed E-state index contributed by atoms with van der Waals surface area (Å²) in [6, 6.07) is 8.67. The monoisotopic (exact) mass is 292 g/mol. The van der Waals surface area contributed by atoms with Gasteiger partial charge in [0.1, 0.15) is 0 Å². The molecule has 1 aromatic rings. The number of urea groups is 1. The van der Waals surface area contributed by atoms with Crippen LogP contribution in [0, 0.1) is 5.92 Å². The van der Waals surface area contributed by atoms with Gasteiger partial charge in [-0.05, 0) is 12.5 Å². The lowest BCUT2D eigenvalue weighted by atomic mass is 10.2. The summed E-state index contributed by atoms with van der Waals surface area (Å²) in [6.45, 7) is 5.05. The normalized spacial score (nSPS) is 11.6. The molecule has 0 bridgehead atoms. The maximum Gasteiger partial charge on any atom is 0.321 e. The van der Waals surface area contributed by atoms with E-state index in [2.05, 4.69) is 10.6 Å². The van der Waals surface area contributed by atoms with Gasteiger partial charge in [0.05, 0.1) is 5.92 Å². The molecule has 0 aliphatic heterocycles. The summed E-state index contributed by atoms with van der Waals surface area (Å²) in [7, 11) is 0. The van der Waals surface area contributed by atoms with E-state index in [1.165, 1.54) is 6.92 Å². The van der Waals surface area contributed by atoms with Crippen LogP contribution in [-0.4, -0.2) is 24.0 Å². The molecule has 1 atom stereocenters. The van der Waals surface area contributed by atoms with Crippen LogP contribution in [0.5, 0.6) is 0 Å². The van der Waals surface area contributed by atoms with Crippen LogP contribution in [0.3, 0.4) is 0 Å². The summed E-state index contributed by atoms with van der Waals surface area (Å²) in [5, 5.41) is 4.68. The van der Waals surface area contributed by atoms with Gasteiger partial charge in [-0.1, -0.05) is 44.2 Å². The van der Waals surface area contributed by atoms with Crippen molar-refractivity contribution in [3.05, 3.63) is 35.9 Å². The molecule has 114 valence electrons. The molecule has 0 spiro atoms. The largest absolute Gasteiger partial charge is 0.452 e. The summed E-state index contributed by atoms with van der Waals surface area (Å²) in [4.78, 5) is 34.6. The molecule has 0 saturated heterocycles. The van der Waals surface area contributed by atoms with E-state index in [1.54, 1.807) is 13.8 Å². The molecule has 0 aliphatic carbocycles. The van der Waals surface area contributed by atoms with Gasteiger partial charge in [-0.3, -0.25) is 14.9 Å². The SMILES string of the molecule is CC(C)C(=O)OC(C)C(=O)NC(=O)NCc1ccccc1. The fraction of sp³-hybridized carbons (Fsp3) is 0.400. The molecule has 3 amide bonds. The van der Waals surface area contributed by atoms with E-state index in [0.717, 1.165) is 5.56 Å². The van der Waals surface area contributed by atoms with Crippen LogP contribution in [0.15, 0.2) is 30.3 Å². The van der Waals surface area contributed by atoms with E-state index < -0.39 is 24.0 Å². The molecule has 1 aromatic carbocycles. The number of rotatable bonds is 5. The molecule has 1 unspecified atom stereocenters. The number of amides is 3. The van der Waals surface area contributed by atoms with Crippen LogP contribution in [0.2, 0.25) is 0 Å². The van der Waals surface area contributed by atoms with Crippen LogP contribution in [0.4, 0.5) is 4.79 Å². The Hall–Kier alpha value is -2.37. The highest BCUT2D eigenvalue weighted by atomic mass is 16.5. The van der Waals surface area contributed by atoms with Crippen molar-refractivity contribution in [1.82, 2.24) is 10.6 Å². The number of benzene rings is 1. The maximum absolute atomic E-state index is 11.7. The topological polar surface area (TPSA) is 84.5 Å². The Balaban J connectivity index is 2.36. The van der Waals surface area contributed by atoms with E-state index in [1.807, 2.05) is 30.3 Å². The average molecular weight is 292 g/mol. The molecule has 6 heteroatoms. The molecule has 6 nitrogen and oxygen atoms in total. The first-order chi connectivity index (χ1) is 9.90. The highest BCUT2D eigenvalue weighted by Gasteiger charge is 2.21. The summed E-state index contributed by atoms with van der Waals surface area (Å²) in [5.41, 5.74) is 0.916. The molecular weight excluding hydrogens is 272 g/mol. The molecule has 21 heavy (non-hydrogen) atoms. The Labute approximate surface area is 123 Å². The van der Waals surface area contributed by atoms with Gasteiger partial charge in [-0.25, -0.2) is 4.79 Å². The predicted octanol–water partition coefficient (Wildman–Crippen LogP) is 1.60. The molecule has 0 fully saturated rings. The number of imide groups is 1. The van der Waals surface area contributed by atoms with Crippen LogP contribution in [-0.2, 0) is 20.9 Å². The standard InChI is InChI=1S/C15H20N2O4/c1-10(2)14(19)21-11(3)13(18)17-15(20)16-9-12-7-5-4-6-8-12/h4-8,10-11H,9H2,1-3H3,(H2,16,17,18,20). The van der Waals surface area contributed by atoms with E-state index in [0.29, 0.717) is 6.54 Å². The van der Waals surface area contributed by atoms with E-state index in [-0.39, 0.29) is 5.92 Å². The molecule has 1 rings (SSSR count). The van der Waals surface area contributed by atoms with Crippen LogP contribution >= 0.6 is 0 Å². The number of nitrogens with one attached hydrogen (secondary N) is 2. The zero-order valence-electron chi connectivity index (χ0n) is 12.4. The quantitative estimate of drug-likeness (QED) is 0.807. The summed E-state index contributed by atoms with van der Waals surface area (Å²) in [5.74, 6) is -1.47. The first-order valence-corrected chi connectivity index (χ1v) is 6.73. The van der Waals surface area contributed by atoms with Gasteiger partial charge in [-0.15, -0.1) is 0 Å². The Bertz CT molecular complexity index is 500. The molecule has 0 aliphatic rings. The molecule has 0 radical (unpaired) electrons. The first kappa shape index (κ1) is 16.7. The molecule has 2 N–H and O–H groups in total. The molecule has 0 aromatic heterocycles. The lowest BCUT2D eigenvalue weighted by Crippen LogP contribution is -2.44. The number of hydrogen-bond donors (Lipinski definition) is 2. The van der Waals surface area contributed by atoms with Crippen molar-refractivity contribution in [2.24, 2.45) is 5.92 Å². The van der Waals surface area contributed by atoms with Gasteiger partial charge >= 0.3 is 12.0 Å². The van der Waals surface area contributed by atoms with Crippen molar-refractivity contribution in [1.29, 1.82) is 0 Å². The number of esters is 1. The molecule has 0 heterocycles. The van der Waals surface area contributed by atoms with Crippen LogP contribution in [0.25, 0.3) is 0 Å². The fourth-order valence-electron chi connectivity index (χ4n) is 1.40. The van der Waals surface area contributed by atoms with E-state index in [9.17, 15) is 14.4 Å². The van der Waals surface area contributed by atoms with Crippen LogP contribution in [0.1, 0.15) is 26.3 Å². The van der Waals surface area contributed by atoms with Gasteiger partial charge in [-0.2, -0.15) is 0 Å². The Morgan fingerprint density at radius 3 is 2.29 bits per heavy atom. The minimum Gasteiger partial charge on any atom is -0.452 e. The van der Waals surface area contributed by atoms with Gasteiger partial charge < -0.3 is 10.1 Å². The lowest BCUT2D eigenvalue weighted by molar-refractivity contribution is -0.157. The van der Waals surface area contributed by atoms with Crippen molar-refractivity contribution < 1.29 is 19.1 Å². The summed E-state index contributed by atoms with van der Waals surface area (Å²) < 4.78 is 4.91. The third-order valence-electron chi connectivity index (χ3n) is 2.67. The van der Waals surface area contributed by atoms with Gasteiger partial charge in [0.25, 0.3) is 5.91 Å². The summed E-state index contributed by atoms with van der Waals surface area (Å²) >= 11 is 0. The average Bonchev–Trinajstić information content (AvgIpc) is 2.45. The third-order valence-corrected chi connectivity index (χ3v) is 2.67. The molecular formula is C15H20N2O4. The Morgan fingerprint density at radius 2 is 1.71 bits per heavy atom. The zero-order valence-corrected chi connectivity index (χ0v) is 12.4. The highest BCUT2D eigenvalue weighted by Crippen LogP contribution is 2.01. The Morgan fingerprint density at radius 1 is 1.10 bits per heavy atom. The van der Waals surface area contributed by atoms with Gasteiger partial charge in [0.15, 0.2) is 6.10 Å². The van der Waals surface area contributed by atoms with Gasteiger partial charge in [0.2, 0.25) is 0 Å². The Kier molecular flexibility index (Phi) is 6.39. The predicted molar refractivity (Wildman–Crippen MR) is 77.2 cm³/mol. The molecule has 0 saturated carbocycles. The van der Waals surface area contributed by atoms with E-state index in [4.69, 9.17) is 4.74 Å². The number of carbonyl (C=O) groups excluding carboxylic acids is 3. The smallest absolute Gasteiger partial charge is 0.321 e. The van der Waals surface area contributed by atoms with E-state index >= 15 is 0 Å². The number of hydrogen-bond acceptors (Lipinski definition) is 4.